The average Bonchev–Trinajstić information content (AvgIpc) is 2.91. The number of aryl methyl sites for hydroxylation is 1. The van der Waals surface area contributed by atoms with E-state index in [0.717, 1.165) is 18.4 Å². The van der Waals surface area contributed by atoms with Crippen LogP contribution in [0.15, 0.2) is 48.5 Å². The predicted octanol–water partition coefficient (Wildman–Crippen LogP) is 6.02. The molecule has 0 heterocycles. The van der Waals surface area contributed by atoms with Crippen LogP contribution in [-0.4, -0.2) is 46.1 Å². The van der Waals surface area contributed by atoms with E-state index in [9.17, 15) is 19.5 Å². The summed E-state index contributed by atoms with van der Waals surface area (Å²) in [6.07, 6.45) is 2.37. The van der Waals surface area contributed by atoms with E-state index in [4.69, 9.17) is 4.74 Å². The number of nitrogens with zero attached hydrogens (tertiary/aromatic N) is 1. The van der Waals surface area contributed by atoms with Gasteiger partial charge in [-0.1, -0.05) is 88.6 Å². The number of unbranched alkanes of at least 4 members (excludes halogenated alkanes) is 2. The minimum absolute atomic E-state index is 0.0316. The van der Waals surface area contributed by atoms with Gasteiger partial charge in [-0.3, -0.25) is 9.59 Å². The highest BCUT2D eigenvalue weighted by molar-refractivity contribution is 5.92. The molecular weight excluding hydrogens is 506 g/mol. The Morgan fingerprint density at radius 2 is 1.68 bits per heavy atom. The number of amides is 3. The number of carbonyl (C=O) groups is 3. The summed E-state index contributed by atoms with van der Waals surface area (Å²) in [4.78, 5) is 42.5. The van der Waals surface area contributed by atoms with Crippen LogP contribution in [0.25, 0.3) is 0 Å². The first-order valence-corrected chi connectivity index (χ1v) is 14.3. The topological polar surface area (TPSA) is 108 Å². The molecule has 3 amide bonds. The van der Waals surface area contributed by atoms with Crippen molar-refractivity contribution in [1.82, 2.24) is 15.5 Å². The Balaban J connectivity index is 2.55. The molecule has 0 fully saturated rings. The van der Waals surface area contributed by atoms with Gasteiger partial charge < -0.3 is 25.4 Å². The second-order valence-electron chi connectivity index (χ2n) is 11.4. The number of benzene rings is 2. The number of aromatic hydroxyl groups is 1. The number of alkyl carbamates (subject to hydrolysis) is 1. The monoisotopic (exact) mass is 553 g/mol. The maximum atomic E-state index is 14.3. The number of phenols is 1. The van der Waals surface area contributed by atoms with Crippen molar-refractivity contribution in [3.63, 3.8) is 0 Å². The van der Waals surface area contributed by atoms with Crippen molar-refractivity contribution in [3.05, 3.63) is 65.2 Å². The number of ether oxygens (including phenoxy) is 1. The first-order chi connectivity index (χ1) is 18.9. The smallest absolute Gasteiger partial charge is 0.408 e. The summed E-state index contributed by atoms with van der Waals surface area (Å²) in [5, 5.41) is 16.8. The molecule has 0 saturated carbocycles. The highest BCUT2D eigenvalue weighted by atomic mass is 16.6. The minimum atomic E-state index is -1.10. The van der Waals surface area contributed by atoms with Crippen molar-refractivity contribution < 1.29 is 24.2 Å². The molecule has 8 heteroatoms. The SMILES string of the molecule is CCCCCN(C(=O)C(NC(=O)OC(C)(C)C)C(C)CC)C(C(=O)NCc1ccccc1)c1cccc(C)c1O. The first-order valence-electron chi connectivity index (χ1n) is 14.3. The fourth-order valence-electron chi connectivity index (χ4n) is 4.43. The fourth-order valence-corrected chi connectivity index (χ4v) is 4.43. The third kappa shape index (κ3) is 9.57. The summed E-state index contributed by atoms with van der Waals surface area (Å²) in [5.74, 6) is -1.06. The van der Waals surface area contributed by atoms with Crippen LogP contribution in [0.4, 0.5) is 4.79 Å². The molecule has 0 bridgehead atoms. The zero-order valence-corrected chi connectivity index (χ0v) is 25.1. The van der Waals surface area contributed by atoms with Gasteiger partial charge in [-0.25, -0.2) is 4.79 Å². The van der Waals surface area contributed by atoms with Gasteiger partial charge in [0, 0.05) is 18.7 Å². The highest BCUT2D eigenvalue weighted by Crippen LogP contribution is 2.33. The molecule has 0 aromatic heterocycles. The van der Waals surface area contributed by atoms with Crippen molar-refractivity contribution >= 4 is 17.9 Å². The Bertz CT molecular complexity index is 1110. The Kier molecular flexibility index (Phi) is 12.5. The Labute approximate surface area is 239 Å². The Morgan fingerprint density at radius 1 is 1.00 bits per heavy atom. The van der Waals surface area contributed by atoms with E-state index in [1.165, 1.54) is 4.90 Å². The van der Waals surface area contributed by atoms with Crippen molar-refractivity contribution in [3.8, 4) is 5.75 Å². The quantitative estimate of drug-likeness (QED) is 0.263. The van der Waals surface area contributed by atoms with Crippen molar-refractivity contribution in [2.24, 2.45) is 5.92 Å². The van der Waals surface area contributed by atoms with Crippen LogP contribution in [0.1, 0.15) is 90.0 Å². The van der Waals surface area contributed by atoms with Gasteiger partial charge in [0.05, 0.1) is 0 Å². The third-order valence-corrected chi connectivity index (χ3v) is 6.87. The van der Waals surface area contributed by atoms with E-state index < -0.39 is 35.6 Å². The molecule has 0 aliphatic rings. The van der Waals surface area contributed by atoms with Crippen molar-refractivity contribution in [2.45, 2.75) is 98.4 Å². The molecule has 0 spiro atoms. The summed E-state index contributed by atoms with van der Waals surface area (Å²) in [5.41, 5.74) is 1.12. The molecule has 0 aliphatic heterocycles. The molecule has 2 rings (SSSR count). The van der Waals surface area contributed by atoms with E-state index in [2.05, 4.69) is 17.6 Å². The van der Waals surface area contributed by atoms with Crippen LogP contribution in [0.2, 0.25) is 0 Å². The summed E-state index contributed by atoms with van der Waals surface area (Å²) >= 11 is 0. The lowest BCUT2D eigenvalue weighted by atomic mass is 9.94. The number of phenolic OH excluding ortho intramolecular Hbond substituents is 1. The molecule has 0 saturated heterocycles. The average molecular weight is 554 g/mol. The van der Waals surface area contributed by atoms with Crippen LogP contribution in [0, 0.1) is 12.8 Å². The van der Waals surface area contributed by atoms with Crippen molar-refractivity contribution in [2.75, 3.05) is 6.54 Å². The summed E-state index contributed by atoms with van der Waals surface area (Å²) in [7, 11) is 0. The third-order valence-electron chi connectivity index (χ3n) is 6.87. The summed E-state index contributed by atoms with van der Waals surface area (Å²) < 4.78 is 5.47. The molecule has 3 N–H and O–H groups in total. The largest absolute Gasteiger partial charge is 0.507 e. The standard InChI is InChI=1S/C32H47N3O5/c1-8-10-14-20-35(30(38)26(22(3)9-2)34-31(39)40-32(5,6)7)27(25-19-15-16-23(4)28(25)36)29(37)33-21-24-17-12-11-13-18-24/h11-13,15-19,22,26-27,36H,8-10,14,20-21H2,1-7H3,(H,33,37)(H,34,39). The molecule has 8 nitrogen and oxygen atoms in total. The number of carbonyl (C=O) groups excluding carboxylic acids is 3. The molecule has 40 heavy (non-hydrogen) atoms. The van der Waals surface area contributed by atoms with Crippen LogP contribution in [-0.2, 0) is 20.9 Å². The molecule has 220 valence electrons. The maximum Gasteiger partial charge on any atom is 0.408 e. The van der Waals surface area contributed by atoms with E-state index in [0.29, 0.717) is 24.0 Å². The lowest BCUT2D eigenvalue weighted by Crippen LogP contribution is -2.55. The van der Waals surface area contributed by atoms with Gasteiger partial charge in [-0.05, 0) is 51.2 Å². The van der Waals surface area contributed by atoms with Gasteiger partial charge in [-0.15, -0.1) is 0 Å². The van der Waals surface area contributed by atoms with Gasteiger partial charge >= 0.3 is 6.09 Å². The van der Waals surface area contributed by atoms with Gasteiger partial charge in [0.25, 0.3) is 0 Å². The highest BCUT2D eigenvalue weighted by Gasteiger charge is 2.39. The molecule has 2 aromatic rings. The second kappa shape index (κ2) is 15.3. The van der Waals surface area contributed by atoms with E-state index >= 15 is 0 Å². The lowest BCUT2D eigenvalue weighted by molar-refractivity contribution is -0.143. The Hall–Kier alpha value is -3.55. The minimum Gasteiger partial charge on any atom is -0.507 e. The number of hydrogen-bond acceptors (Lipinski definition) is 5. The Morgan fingerprint density at radius 3 is 2.27 bits per heavy atom. The first kappa shape index (κ1) is 32.7. The fraction of sp³-hybridized carbons (Fsp3) is 0.531. The molecular formula is C32H47N3O5. The van der Waals surface area contributed by atoms with E-state index in [1.54, 1.807) is 45.9 Å². The number of para-hydroxylation sites is 1. The van der Waals surface area contributed by atoms with E-state index in [1.807, 2.05) is 44.2 Å². The second-order valence-corrected chi connectivity index (χ2v) is 11.4. The zero-order valence-electron chi connectivity index (χ0n) is 25.1. The van der Waals surface area contributed by atoms with Crippen molar-refractivity contribution in [1.29, 1.82) is 0 Å². The predicted molar refractivity (Wildman–Crippen MR) is 158 cm³/mol. The number of hydrogen-bond donors (Lipinski definition) is 3. The van der Waals surface area contributed by atoms with Gasteiger partial charge in [0.2, 0.25) is 11.8 Å². The summed E-state index contributed by atoms with van der Waals surface area (Å²) in [6, 6.07) is 12.7. The molecule has 3 unspecified atom stereocenters. The zero-order chi connectivity index (χ0) is 29.9. The van der Waals surface area contributed by atoms with Crippen LogP contribution < -0.4 is 10.6 Å². The van der Waals surface area contributed by atoms with Gasteiger partial charge in [0.15, 0.2) is 0 Å². The van der Waals surface area contributed by atoms with Crippen LogP contribution in [0.3, 0.4) is 0 Å². The molecule has 0 aliphatic carbocycles. The molecule has 3 atom stereocenters. The lowest BCUT2D eigenvalue weighted by Gasteiger charge is -2.36. The normalized spacial score (nSPS) is 13.6. The van der Waals surface area contributed by atoms with Crippen LogP contribution >= 0.6 is 0 Å². The number of rotatable bonds is 13. The van der Waals surface area contributed by atoms with E-state index in [-0.39, 0.29) is 24.8 Å². The van der Waals surface area contributed by atoms with Gasteiger partial charge in [-0.2, -0.15) is 0 Å². The van der Waals surface area contributed by atoms with Crippen LogP contribution in [0.5, 0.6) is 5.75 Å². The van der Waals surface area contributed by atoms with Gasteiger partial charge in [0.1, 0.15) is 23.4 Å². The molecule has 2 aromatic carbocycles. The number of nitrogens with one attached hydrogen (secondary N) is 2. The summed E-state index contributed by atoms with van der Waals surface area (Å²) in [6.45, 7) is 13.5. The maximum absolute atomic E-state index is 14.3. The molecule has 0 radical (unpaired) electrons.